The fraction of sp³-hybridized carbons (Fsp3) is 1.00. The van der Waals surface area contributed by atoms with Crippen LogP contribution >= 0.6 is 0 Å². The number of likely N-dealkylation sites (N-methyl/N-ethyl adjacent to an activating group) is 1. The molecule has 1 saturated heterocycles. The Morgan fingerprint density at radius 2 is 2.25 bits per heavy atom. The van der Waals surface area contributed by atoms with Crippen LogP contribution in [-0.2, 0) is 0 Å². The third-order valence-corrected chi connectivity index (χ3v) is 3.50. The van der Waals surface area contributed by atoms with Gasteiger partial charge in [-0.2, -0.15) is 0 Å². The van der Waals surface area contributed by atoms with Gasteiger partial charge in [0.25, 0.3) is 0 Å². The molecule has 2 fully saturated rings. The second-order valence-corrected chi connectivity index (χ2v) is 4.75. The summed E-state index contributed by atoms with van der Waals surface area (Å²) in [5.41, 5.74) is 0.447. The smallest absolute Gasteiger partial charge is 0.0314 e. The Balaban J connectivity index is 1.87. The Hall–Kier alpha value is -0.0800. The van der Waals surface area contributed by atoms with E-state index in [4.69, 9.17) is 0 Å². The molecule has 2 heteroatoms. The first kappa shape index (κ1) is 8.52. The van der Waals surface area contributed by atoms with Crippen molar-refractivity contribution >= 4 is 0 Å². The fourth-order valence-corrected chi connectivity index (χ4v) is 2.04. The molecule has 0 radical (unpaired) electrons. The quantitative estimate of drug-likeness (QED) is 0.678. The lowest BCUT2D eigenvalue weighted by atomic mass is 9.99. The average Bonchev–Trinajstić information content (AvgIpc) is 2.73. The zero-order valence-corrected chi connectivity index (χ0v) is 8.27. The van der Waals surface area contributed by atoms with Crippen molar-refractivity contribution in [1.82, 2.24) is 10.2 Å². The Morgan fingerprint density at radius 3 is 2.75 bits per heavy atom. The van der Waals surface area contributed by atoms with E-state index in [-0.39, 0.29) is 0 Å². The van der Waals surface area contributed by atoms with Crippen molar-refractivity contribution in [3.8, 4) is 0 Å². The maximum absolute atomic E-state index is 3.45. The van der Waals surface area contributed by atoms with Crippen molar-refractivity contribution in [2.24, 2.45) is 5.92 Å². The van der Waals surface area contributed by atoms with Gasteiger partial charge < -0.3 is 5.32 Å². The second-order valence-electron chi connectivity index (χ2n) is 4.75. The van der Waals surface area contributed by atoms with Crippen LogP contribution in [0.2, 0.25) is 0 Å². The van der Waals surface area contributed by atoms with Crippen LogP contribution in [0.4, 0.5) is 0 Å². The summed E-state index contributed by atoms with van der Waals surface area (Å²) in [6.07, 6.45) is 4.25. The van der Waals surface area contributed by atoms with Gasteiger partial charge in [-0.25, -0.2) is 0 Å². The molecule has 0 amide bonds. The lowest BCUT2D eigenvalue weighted by molar-refractivity contribution is 0.150. The molecule has 1 aliphatic heterocycles. The third kappa shape index (κ3) is 1.64. The van der Waals surface area contributed by atoms with Gasteiger partial charge in [0, 0.05) is 18.6 Å². The van der Waals surface area contributed by atoms with E-state index in [1.54, 1.807) is 0 Å². The van der Waals surface area contributed by atoms with Gasteiger partial charge in [0.15, 0.2) is 0 Å². The standard InChI is InChI=1S/C10H20N2/c1-10(5-6-11-8-10)12(2)7-9-3-4-9/h9,11H,3-8H2,1-2H3. The van der Waals surface area contributed by atoms with Crippen LogP contribution in [0.25, 0.3) is 0 Å². The number of hydrogen-bond donors (Lipinski definition) is 1. The molecule has 12 heavy (non-hydrogen) atoms. The normalized spacial score (nSPS) is 36.2. The Labute approximate surface area is 75.3 Å². The minimum atomic E-state index is 0.447. The third-order valence-electron chi connectivity index (χ3n) is 3.50. The van der Waals surface area contributed by atoms with Gasteiger partial charge in [0.1, 0.15) is 0 Å². The van der Waals surface area contributed by atoms with Crippen LogP contribution in [0, 0.1) is 5.92 Å². The predicted octanol–water partition coefficient (Wildman–Crippen LogP) is 1.08. The fourth-order valence-electron chi connectivity index (χ4n) is 2.04. The first-order chi connectivity index (χ1) is 5.71. The van der Waals surface area contributed by atoms with Crippen LogP contribution in [0.15, 0.2) is 0 Å². The summed E-state index contributed by atoms with van der Waals surface area (Å²) in [6, 6.07) is 0. The monoisotopic (exact) mass is 168 g/mol. The van der Waals surface area contributed by atoms with E-state index in [1.807, 2.05) is 0 Å². The Morgan fingerprint density at radius 1 is 1.50 bits per heavy atom. The number of nitrogens with one attached hydrogen (secondary N) is 1. The molecule has 1 unspecified atom stereocenters. The molecule has 1 N–H and O–H groups in total. The number of rotatable bonds is 3. The summed E-state index contributed by atoms with van der Waals surface area (Å²) in [5, 5.41) is 3.45. The molecule has 70 valence electrons. The van der Waals surface area contributed by atoms with Crippen molar-refractivity contribution in [2.45, 2.75) is 31.7 Å². The highest BCUT2D eigenvalue weighted by molar-refractivity contribution is 4.94. The first-order valence-electron chi connectivity index (χ1n) is 5.13. The van der Waals surface area contributed by atoms with E-state index in [1.165, 1.54) is 38.9 Å². The van der Waals surface area contributed by atoms with Gasteiger partial charge in [-0.1, -0.05) is 0 Å². The number of hydrogen-bond acceptors (Lipinski definition) is 2. The SMILES string of the molecule is CN(CC1CC1)C1(C)CCNC1. The molecule has 0 bridgehead atoms. The summed E-state index contributed by atoms with van der Waals surface area (Å²) in [4.78, 5) is 2.56. The van der Waals surface area contributed by atoms with E-state index in [2.05, 4.69) is 24.2 Å². The molecule has 1 heterocycles. The van der Waals surface area contributed by atoms with E-state index in [0.717, 1.165) is 5.92 Å². The lowest BCUT2D eigenvalue weighted by Gasteiger charge is -2.34. The minimum absolute atomic E-state index is 0.447. The van der Waals surface area contributed by atoms with Crippen molar-refractivity contribution in [1.29, 1.82) is 0 Å². The first-order valence-corrected chi connectivity index (χ1v) is 5.13. The van der Waals surface area contributed by atoms with Gasteiger partial charge in [-0.15, -0.1) is 0 Å². The van der Waals surface area contributed by atoms with Crippen LogP contribution in [0.3, 0.4) is 0 Å². The topological polar surface area (TPSA) is 15.3 Å². The van der Waals surface area contributed by atoms with Crippen LogP contribution in [-0.4, -0.2) is 37.1 Å². The Kier molecular flexibility index (Phi) is 2.13. The maximum Gasteiger partial charge on any atom is 0.0314 e. The van der Waals surface area contributed by atoms with Crippen LogP contribution in [0.1, 0.15) is 26.2 Å². The van der Waals surface area contributed by atoms with Crippen molar-refractivity contribution in [3.63, 3.8) is 0 Å². The summed E-state index contributed by atoms with van der Waals surface area (Å²) in [5.74, 6) is 1.02. The lowest BCUT2D eigenvalue weighted by Crippen LogP contribution is -2.46. The highest BCUT2D eigenvalue weighted by Gasteiger charge is 2.35. The van der Waals surface area contributed by atoms with Gasteiger partial charge in [0.05, 0.1) is 0 Å². The highest BCUT2D eigenvalue weighted by atomic mass is 15.2. The molecule has 1 atom stereocenters. The maximum atomic E-state index is 3.45. The molecule has 0 spiro atoms. The van der Waals surface area contributed by atoms with Crippen molar-refractivity contribution in [2.75, 3.05) is 26.7 Å². The second kappa shape index (κ2) is 3.00. The van der Waals surface area contributed by atoms with E-state index in [9.17, 15) is 0 Å². The molecule has 1 saturated carbocycles. The molecule has 2 nitrogen and oxygen atoms in total. The van der Waals surface area contributed by atoms with Gasteiger partial charge in [-0.3, -0.25) is 4.90 Å². The molecular weight excluding hydrogens is 148 g/mol. The zero-order chi connectivity index (χ0) is 8.60. The van der Waals surface area contributed by atoms with E-state index >= 15 is 0 Å². The summed E-state index contributed by atoms with van der Waals surface area (Å²) in [7, 11) is 2.28. The molecule has 0 aromatic rings. The minimum Gasteiger partial charge on any atom is -0.315 e. The molecular formula is C10H20N2. The zero-order valence-electron chi connectivity index (χ0n) is 8.27. The molecule has 2 aliphatic rings. The van der Waals surface area contributed by atoms with Crippen LogP contribution < -0.4 is 5.32 Å². The summed E-state index contributed by atoms with van der Waals surface area (Å²) in [6.45, 7) is 6.08. The average molecular weight is 168 g/mol. The van der Waals surface area contributed by atoms with E-state index in [0.29, 0.717) is 5.54 Å². The number of nitrogens with zero attached hydrogens (tertiary/aromatic N) is 1. The van der Waals surface area contributed by atoms with Gasteiger partial charge in [-0.05, 0) is 45.7 Å². The van der Waals surface area contributed by atoms with Crippen molar-refractivity contribution < 1.29 is 0 Å². The van der Waals surface area contributed by atoms with Gasteiger partial charge >= 0.3 is 0 Å². The molecule has 0 aromatic carbocycles. The highest BCUT2D eigenvalue weighted by Crippen LogP contribution is 2.32. The predicted molar refractivity (Wildman–Crippen MR) is 51.2 cm³/mol. The summed E-state index contributed by atoms with van der Waals surface area (Å²) < 4.78 is 0. The van der Waals surface area contributed by atoms with Crippen molar-refractivity contribution in [3.05, 3.63) is 0 Å². The molecule has 1 aliphatic carbocycles. The Bertz CT molecular complexity index is 157. The van der Waals surface area contributed by atoms with Gasteiger partial charge in [0.2, 0.25) is 0 Å². The van der Waals surface area contributed by atoms with E-state index < -0.39 is 0 Å². The summed E-state index contributed by atoms with van der Waals surface area (Å²) >= 11 is 0. The van der Waals surface area contributed by atoms with Crippen LogP contribution in [0.5, 0.6) is 0 Å². The molecule has 2 rings (SSSR count). The molecule has 0 aromatic heterocycles. The largest absolute Gasteiger partial charge is 0.315 e.